The summed E-state index contributed by atoms with van der Waals surface area (Å²) in [5, 5.41) is 1.04. The first-order valence-corrected chi connectivity index (χ1v) is 8.29. The van der Waals surface area contributed by atoms with Crippen molar-refractivity contribution in [3.8, 4) is 10.4 Å². The molecule has 0 spiro atoms. The maximum absolute atomic E-state index is 5.14. The Morgan fingerprint density at radius 2 is 1.67 bits per heavy atom. The largest absolute Gasteiger partial charge is 0.378 e. The average Bonchev–Trinajstić information content (AvgIpc) is 2.81. The minimum atomic E-state index is 0.197. The van der Waals surface area contributed by atoms with Crippen LogP contribution in [0.15, 0.2) is 24.3 Å². The summed E-state index contributed by atoms with van der Waals surface area (Å²) in [5.74, 6) is 0. The molecule has 2 nitrogen and oxygen atoms in total. The van der Waals surface area contributed by atoms with Gasteiger partial charge in [0.25, 0.3) is 0 Å². The fourth-order valence-electron chi connectivity index (χ4n) is 2.03. The minimum absolute atomic E-state index is 0.197. The van der Waals surface area contributed by atoms with Gasteiger partial charge in [-0.3, -0.25) is 0 Å². The number of rotatable bonds is 3. The number of benzene rings is 1. The average molecular weight is 305 g/mol. The molecule has 0 atom stereocenters. The van der Waals surface area contributed by atoms with E-state index in [2.05, 4.69) is 56.9 Å². The van der Waals surface area contributed by atoms with Crippen LogP contribution in [0.1, 0.15) is 50.9 Å². The Bertz CT molecular complexity index is 550. The summed E-state index contributed by atoms with van der Waals surface area (Å²) in [5.41, 5.74) is 3.88. The first kappa shape index (κ1) is 17.9. The number of nitrogens with zero attached hydrogens (tertiary/aromatic N) is 1. The second-order valence-corrected chi connectivity index (χ2v) is 6.87. The van der Waals surface area contributed by atoms with Gasteiger partial charge in [-0.15, -0.1) is 11.3 Å². The summed E-state index contributed by atoms with van der Waals surface area (Å²) < 4.78 is 5.14. The molecule has 0 saturated heterocycles. The molecule has 0 aliphatic carbocycles. The highest BCUT2D eigenvalue weighted by Crippen LogP contribution is 2.32. The maximum Gasteiger partial charge on any atom is 0.119 e. The van der Waals surface area contributed by atoms with Crippen molar-refractivity contribution in [3.05, 3.63) is 40.5 Å². The molecule has 21 heavy (non-hydrogen) atoms. The minimum Gasteiger partial charge on any atom is -0.378 e. The summed E-state index contributed by atoms with van der Waals surface area (Å²) in [6.07, 6.45) is 0. The Morgan fingerprint density at radius 3 is 2.14 bits per heavy atom. The molecule has 0 aliphatic heterocycles. The van der Waals surface area contributed by atoms with Gasteiger partial charge in [-0.25, -0.2) is 4.98 Å². The van der Waals surface area contributed by atoms with E-state index in [1.165, 1.54) is 16.0 Å². The number of hydrogen-bond donors (Lipinski definition) is 0. The van der Waals surface area contributed by atoms with Crippen molar-refractivity contribution in [1.82, 2.24) is 4.98 Å². The van der Waals surface area contributed by atoms with Crippen LogP contribution in [-0.4, -0.2) is 12.1 Å². The molecule has 3 heteroatoms. The maximum atomic E-state index is 5.14. The summed E-state index contributed by atoms with van der Waals surface area (Å²) in [4.78, 5) is 5.78. The molecule has 0 N–H and O–H groups in total. The highest BCUT2D eigenvalue weighted by Gasteiger charge is 2.14. The van der Waals surface area contributed by atoms with Crippen LogP contribution in [0.25, 0.3) is 10.4 Å². The van der Waals surface area contributed by atoms with Crippen LogP contribution in [-0.2, 0) is 16.8 Å². The van der Waals surface area contributed by atoms with Crippen molar-refractivity contribution in [3.63, 3.8) is 0 Å². The monoisotopic (exact) mass is 305 g/mol. The summed E-state index contributed by atoms with van der Waals surface area (Å²) >= 11 is 1.71. The number of thiazole rings is 1. The zero-order chi connectivity index (χ0) is 16.0. The Kier molecular flexibility index (Phi) is 6.56. The van der Waals surface area contributed by atoms with Crippen molar-refractivity contribution >= 4 is 11.3 Å². The molecule has 0 radical (unpaired) electrons. The van der Waals surface area contributed by atoms with E-state index < -0.39 is 0 Å². The van der Waals surface area contributed by atoms with Crippen LogP contribution in [0, 0.1) is 6.92 Å². The van der Waals surface area contributed by atoms with Crippen molar-refractivity contribution in [2.24, 2.45) is 0 Å². The fourth-order valence-corrected chi connectivity index (χ4v) is 3.07. The second-order valence-electron chi connectivity index (χ2n) is 5.78. The van der Waals surface area contributed by atoms with Crippen LogP contribution >= 0.6 is 11.3 Å². The highest BCUT2D eigenvalue weighted by atomic mass is 32.1. The van der Waals surface area contributed by atoms with Crippen LogP contribution in [0.2, 0.25) is 0 Å². The van der Waals surface area contributed by atoms with E-state index in [-0.39, 0.29) is 5.41 Å². The predicted molar refractivity (Wildman–Crippen MR) is 93.0 cm³/mol. The summed E-state index contributed by atoms with van der Waals surface area (Å²) in [6.45, 7) is 13.3. The number of hydrogen-bond acceptors (Lipinski definition) is 3. The van der Waals surface area contributed by atoms with E-state index in [9.17, 15) is 0 Å². The molecule has 0 aliphatic rings. The zero-order valence-electron chi connectivity index (χ0n) is 14.3. The van der Waals surface area contributed by atoms with Gasteiger partial charge >= 0.3 is 0 Å². The second kappa shape index (κ2) is 7.71. The molecule has 0 unspecified atom stereocenters. The lowest BCUT2D eigenvalue weighted by atomic mass is 9.86. The lowest BCUT2D eigenvalue weighted by Crippen LogP contribution is -2.10. The van der Waals surface area contributed by atoms with Gasteiger partial charge in [-0.05, 0) is 23.5 Å². The van der Waals surface area contributed by atoms with Gasteiger partial charge in [0.2, 0.25) is 0 Å². The molecule has 0 amide bonds. The van der Waals surface area contributed by atoms with Crippen LogP contribution in [0.4, 0.5) is 0 Å². The standard InChI is InChI=1S/C16H21NOS.C2H6/c1-11-15(19-14(17-11)10-18-5)12-6-8-13(9-7-12)16(2,3)4;1-2/h6-9H,10H2,1-5H3;1-2H3. The fraction of sp³-hybridized carbons (Fsp3) is 0.500. The molecule has 116 valence electrons. The smallest absolute Gasteiger partial charge is 0.119 e. The quantitative estimate of drug-likeness (QED) is 0.737. The van der Waals surface area contributed by atoms with Gasteiger partial charge in [0.05, 0.1) is 17.2 Å². The van der Waals surface area contributed by atoms with Gasteiger partial charge in [0, 0.05) is 7.11 Å². The van der Waals surface area contributed by atoms with Gasteiger partial charge in [0.15, 0.2) is 0 Å². The van der Waals surface area contributed by atoms with Crippen molar-refractivity contribution in [2.45, 2.75) is 53.6 Å². The van der Waals surface area contributed by atoms with E-state index in [4.69, 9.17) is 4.74 Å². The molecule has 1 heterocycles. The Morgan fingerprint density at radius 1 is 1.10 bits per heavy atom. The van der Waals surface area contributed by atoms with E-state index in [0.29, 0.717) is 6.61 Å². The first-order valence-electron chi connectivity index (χ1n) is 7.48. The van der Waals surface area contributed by atoms with Gasteiger partial charge < -0.3 is 4.74 Å². The molecule has 1 aromatic heterocycles. The lowest BCUT2D eigenvalue weighted by Gasteiger charge is -2.19. The Hall–Kier alpha value is -1.19. The molecule has 0 saturated carbocycles. The predicted octanol–water partition coefficient (Wildman–Crippen LogP) is 5.59. The molecular formula is C18H27NOS. The van der Waals surface area contributed by atoms with Crippen LogP contribution < -0.4 is 0 Å². The van der Waals surface area contributed by atoms with Crippen LogP contribution in [0.3, 0.4) is 0 Å². The summed E-state index contributed by atoms with van der Waals surface area (Å²) in [6, 6.07) is 8.81. The van der Waals surface area contributed by atoms with Gasteiger partial charge in [-0.1, -0.05) is 58.9 Å². The Labute approximate surface area is 133 Å². The van der Waals surface area contributed by atoms with Crippen molar-refractivity contribution < 1.29 is 4.74 Å². The zero-order valence-corrected chi connectivity index (χ0v) is 15.1. The van der Waals surface area contributed by atoms with Crippen LogP contribution in [0.5, 0.6) is 0 Å². The molecule has 0 fully saturated rings. The normalized spacial score (nSPS) is 11.0. The third-order valence-electron chi connectivity index (χ3n) is 3.12. The van der Waals surface area contributed by atoms with Crippen molar-refractivity contribution in [1.29, 1.82) is 0 Å². The molecule has 1 aromatic carbocycles. The van der Waals surface area contributed by atoms with E-state index in [1.54, 1.807) is 18.4 Å². The molecule has 2 aromatic rings. The number of ether oxygens (including phenoxy) is 1. The lowest BCUT2D eigenvalue weighted by molar-refractivity contribution is 0.184. The van der Waals surface area contributed by atoms with E-state index in [0.717, 1.165) is 10.7 Å². The molecule has 0 bridgehead atoms. The van der Waals surface area contributed by atoms with E-state index >= 15 is 0 Å². The molecule has 2 rings (SSSR count). The first-order chi connectivity index (χ1) is 9.91. The number of aromatic nitrogens is 1. The number of methoxy groups -OCH3 is 1. The summed E-state index contributed by atoms with van der Waals surface area (Å²) in [7, 11) is 1.70. The third-order valence-corrected chi connectivity index (χ3v) is 4.30. The SMILES string of the molecule is CC.COCc1nc(C)c(-c2ccc(C(C)(C)C)cc2)s1. The van der Waals surface area contributed by atoms with E-state index in [1.807, 2.05) is 13.8 Å². The van der Waals surface area contributed by atoms with Gasteiger partial charge in [-0.2, -0.15) is 0 Å². The number of aryl methyl sites for hydroxylation is 1. The highest BCUT2D eigenvalue weighted by molar-refractivity contribution is 7.15. The third kappa shape index (κ3) is 4.65. The molecular weight excluding hydrogens is 278 g/mol. The van der Waals surface area contributed by atoms with Gasteiger partial charge in [0.1, 0.15) is 5.01 Å². The topological polar surface area (TPSA) is 22.1 Å². The van der Waals surface area contributed by atoms with Crippen molar-refractivity contribution in [2.75, 3.05) is 7.11 Å². The Balaban J connectivity index is 0.00000106.